The molecule has 1 N–H and O–H groups in total. The van der Waals surface area contributed by atoms with Crippen molar-refractivity contribution in [2.45, 2.75) is 45.3 Å². The molecule has 3 unspecified atom stereocenters. The van der Waals surface area contributed by atoms with Crippen LogP contribution in [0.5, 0.6) is 0 Å². The molecule has 0 bridgehead atoms. The number of aryl methyl sites for hydroxylation is 2. The summed E-state index contributed by atoms with van der Waals surface area (Å²) in [5.41, 5.74) is 0.931. The molecule has 1 aromatic heterocycles. The number of aromatic nitrogens is 2. The Hall–Kier alpha value is -1.40. The van der Waals surface area contributed by atoms with Crippen molar-refractivity contribution in [2.75, 3.05) is 24.5 Å². The lowest BCUT2D eigenvalue weighted by molar-refractivity contribution is -0.122. The van der Waals surface area contributed by atoms with Crippen molar-refractivity contribution in [3.63, 3.8) is 0 Å². The van der Waals surface area contributed by atoms with Crippen molar-refractivity contribution >= 4 is 11.7 Å². The summed E-state index contributed by atoms with van der Waals surface area (Å²) in [6.07, 6.45) is 2.68. The molecule has 2 aliphatic heterocycles. The Labute approximate surface area is 131 Å². The summed E-state index contributed by atoms with van der Waals surface area (Å²) < 4.78 is 1.78. The fraction of sp³-hybridized carbons (Fsp3) is 0.750. The molecule has 1 amide bonds. The molecule has 0 spiro atoms. The van der Waals surface area contributed by atoms with Gasteiger partial charge in [-0.1, -0.05) is 0 Å². The van der Waals surface area contributed by atoms with Crippen LogP contribution in [0.3, 0.4) is 0 Å². The van der Waals surface area contributed by atoms with Crippen molar-refractivity contribution < 1.29 is 9.90 Å². The topological polar surface area (TPSA) is 61.6 Å². The number of carbonyl (C=O) groups is 1. The van der Waals surface area contributed by atoms with E-state index in [1.807, 2.05) is 31.9 Å². The van der Waals surface area contributed by atoms with Gasteiger partial charge in [0.15, 0.2) is 0 Å². The first-order valence-corrected chi connectivity index (χ1v) is 8.21. The highest BCUT2D eigenvalue weighted by Crippen LogP contribution is 2.28. The molecule has 0 radical (unpaired) electrons. The molecule has 0 aromatic carbocycles. The Kier molecular flexibility index (Phi) is 4.23. The Bertz CT molecular complexity index is 554. The third-order valence-electron chi connectivity index (χ3n) is 5.04. The second-order valence-electron chi connectivity index (χ2n) is 6.70. The fourth-order valence-electron chi connectivity index (χ4n) is 3.80. The van der Waals surface area contributed by atoms with Crippen molar-refractivity contribution in [3.05, 3.63) is 11.8 Å². The molecule has 2 fully saturated rings. The zero-order chi connectivity index (χ0) is 15.9. The number of nitrogens with zero attached hydrogens (tertiary/aromatic N) is 4. The largest absolute Gasteiger partial charge is 0.393 e. The molecule has 1 aromatic rings. The first-order valence-electron chi connectivity index (χ1n) is 8.21. The van der Waals surface area contributed by atoms with Gasteiger partial charge in [-0.2, -0.15) is 5.10 Å². The molecular weight excluding hydrogens is 280 g/mol. The van der Waals surface area contributed by atoms with Crippen LogP contribution in [-0.2, 0) is 11.8 Å². The number of aliphatic hydroxyl groups is 1. The van der Waals surface area contributed by atoms with Crippen LogP contribution in [0.2, 0.25) is 0 Å². The number of aliphatic hydroxyl groups excluding tert-OH is 1. The minimum absolute atomic E-state index is 0.0447. The monoisotopic (exact) mass is 306 g/mol. The van der Waals surface area contributed by atoms with Gasteiger partial charge in [0.05, 0.1) is 17.8 Å². The minimum Gasteiger partial charge on any atom is -0.393 e. The molecule has 0 aliphatic carbocycles. The van der Waals surface area contributed by atoms with Gasteiger partial charge in [-0.3, -0.25) is 19.3 Å². The second-order valence-corrected chi connectivity index (χ2v) is 6.70. The number of anilines is 1. The standard InChI is InChI=1S/C16H26N4O2/c1-11-9-15(18(3)17-11)20-8-6-14(16(20)22)19-7-4-5-13(10-19)12(2)21/h9,12-14,21H,4-8,10H2,1-3H3. The van der Waals surface area contributed by atoms with Crippen LogP contribution in [-0.4, -0.2) is 57.5 Å². The maximum Gasteiger partial charge on any atom is 0.245 e. The highest BCUT2D eigenvalue weighted by atomic mass is 16.3. The lowest BCUT2D eigenvalue weighted by Crippen LogP contribution is -2.48. The number of carbonyl (C=O) groups excluding carboxylic acids is 1. The van der Waals surface area contributed by atoms with E-state index in [2.05, 4.69) is 10.00 Å². The van der Waals surface area contributed by atoms with Crippen molar-refractivity contribution in [1.29, 1.82) is 0 Å². The average Bonchev–Trinajstić information content (AvgIpc) is 3.01. The number of amides is 1. The minimum atomic E-state index is -0.296. The van der Waals surface area contributed by atoms with E-state index in [1.54, 1.807) is 4.68 Å². The Morgan fingerprint density at radius 3 is 2.77 bits per heavy atom. The van der Waals surface area contributed by atoms with Gasteiger partial charge in [-0.15, -0.1) is 0 Å². The molecule has 6 heteroatoms. The van der Waals surface area contributed by atoms with Crippen LogP contribution in [0, 0.1) is 12.8 Å². The highest BCUT2D eigenvalue weighted by molar-refractivity contribution is 5.98. The molecular formula is C16H26N4O2. The van der Waals surface area contributed by atoms with E-state index >= 15 is 0 Å². The molecule has 2 saturated heterocycles. The predicted octanol–water partition coefficient (Wildman–Crippen LogP) is 0.927. The lowest BCUT2D eigenvalue weighted by atomic mass is 9.92. The molecule has 2 aliphatic rings. The molecule has 0 saturated carbocycles. The van der Waals surface area contributed by atoms with E-state index in [-0.39, 0.29) is 24.0 Å². The zero-order valence-corrected chi connectivity index (χ0v) is 13.7. The Morgan fingerprint density at radius 2 is 2.14 bits per heavy atom. The zero-order valence-electron chi connectivity index (χ0n) is 13.7. The maximum atomic E-state index is 12.8. The van der Waals surface area contributed by atoms with Gasteiger partial charge in [0.25, 0.3) is 0 Å². The van der Waals surface area contributed by atoms with E-state index < -0.39 is 0 Å². The van der Waals surface area contributed by atoms with E-state index in [0.717, 1.165) is 50.4 Å². The summed E-state index contributed by atoms with van der Waals surface area (Å²) in [5, 5.41) is 14.2. The first kappa shape index (κ1) is 15.5. The molecule has 6 nitrogen and oxygen atoms in total. The first-order chi connectivity index (χ1) is 10.5. The van der Waals surface area contributed by atoms with Gasteiger partial charge in [0, 0.05) is 26.2 Å². The van der Waals surface area contributed by atoms with Crippen LogP contribution >= 0.6 is 0 Å². The van der Waals surface area contributed by atoms with E-state index in [1.165, 1.54) is 0 Å². The number of piperidine rings is 1. The van der Waals surface area contributed by atoms with Crippen LogP contribution in [0.15, 0.2) is 6.07 Å². The van der Waals surface area contributed by atoms with Crippen molar-refractivity contribution in [2.24, 2.45) is 13.0 Å². The smallest absolute Gasteiger partial charge is 0.245 e. The lowest BCUT2D eigenvalue weighted by Gasteiger charge is -2.37. The SMILES string of the molecule is Cc1cc(N2CCC(N3CCCC(C(C)O)C3)C2=O)n(C)n1. The van der Waals surface area contributed by atoms with Gasteiger partial charge < -0.3 is 5.11 Å². The maximum absolute atomic E-state index is 12.8. The van der Waals surface area contributed by atoms with Gasteiger partial charge in [-0.05, 0) is 45.6 Å². The van der Waals surface area contributed by atoms with Crippen LogP contribution in [0.4, 0.5) is 5.82 Å². The molecule has 3 heterocycles. The van der Waals surface area contributed by atoms with E-state index in [4.69, 9.17) is 0 Å². The van der Waals surface area contributed by atoms with Crippen molar-refractivity contribution in [1.82, 2.24) is 14.7 Å². The summed E-state index contributed by atoms with van der Waals surface area (Å²) in [6, 6.07) is 1.92. The predicted molar refractivity (Wildman–Crippen MR) is 84.7 cm³/mol. The third-order valence-corrected chi connectivity index (χ3v) is 5.04. The highest BCUT2D eigenvalue weighted by Gasteiger charge is 2.39. The van der Waals surface area contributed by atoms with Crippen molar-refractivity contribution in [3.8, 4) is 0 Å². The fourth-order valence-corrected chi connectivity index (χ4v) is 3.80. The second kappa shape index (κ2) is 6.01. The quantitative estimate of drug-likeness (QED) is 0.902. The number of rotatable bonds is 3. The number of hydrogen-bond acceptors (Lipinski definition) is 4. The van der Waals surface area contributed by atoms with E-state index in [0.29, 0.717) is 0 Å². The van der Waals surface area contributed by atoms with Crippen LogP contribution in [0.1, 0.15) is 31.9 Å². The van der Waals surface area contributed by atoms with Crippen LogP contribution in [0.25, 0.3) is 0 Å². The van der Waals surface area contributed by atoms with E-state index in [9.17, 15) is 9.90 Å². The molecule has 122 valence electrons. The van der Waals surface area contributed by atoms with Gasteiger partial charge in [0.2, 0.25) is 5.91 Å². The summed E-state index contributed by atoms with van der Waals surface area (Å²) in [4.78, 5) is 17.0. The van der Waals surface area contributed by atoms with Gasteiger partial charge in [-0.25, -0.2) is 0 Å². The number of hydrogen-bond donors (Lipinski definition) is 1. The number of likely N-dealkylation sites (tertiary alicyclic amines) is 1. The van der Waals surface area contributed by atoms with Gasteiger partial charge >= 0.3 is 0 Å². The molecule has 3 atom stereocenters. The normalized spacial score (nSPS) is 28.4. The molecule has 22 heavy (non-hydrogen) atoms. The Morgan fingerprint density at radius 1 is 1.36 bits per heavy atom. The summed E-state index contributed by atoms with van der Waals surface area (Å²) in [7, 11) is 1.88. The summed E-state index contributed by atoms with van der Waals surface area (Å²) >= 11 is 0. The van der Waals surface area contributed by atoms with Gasteiger partial charge in [0.1, 0.15) is 5.82 Å². The summed E-state index contributed by atoms with van der Waals surface area (Å²) in [6.45, 7) is 6.33. The Balaban J connectivity index is 1.72. The molecule has 3 rings (SSSR count). The third kappa shape index (κ3) is 2.77. The summed E-state index contributed by atoms with van der Waals surface area (Å²) in [5.74, 6) is 1.35. The van der Waals surface area contributed by atoms with Crippen LogP contribution < -0.4 is 4.90 Å². The average molecular weight is 306 g/mol.